The summed E-state index contributed by atoms with van der Waals surface area (Å²) in [6.45, 7) is 6.95. The second-order valence-corrected chi connectivity index (χ2v) is 6.62. The van der Waals surface area contributed by atoms with Crippen molar-refractivity contribution in [3.63, 3.8) is 0 Å². The Labute approximate surface area is 162 Å². The van der Waals surface area contributed by atoms with Gasteiger partial charge < -0.3 is 5.32 Å². The lowest BCUT2D eigenvalue weighted by atomic mass is 10.0. The number of carbonyl (C=O) groups excluding carboxylic acids is 1. The second-order valence-electron chi connectivity index (χ2n) is 6.62. The molecule has 4 aromatic rings. The number of carbonyl (C=O) groups is 1. The van der Waals surface area contributed by atoms with Gasteiger partial charge in [-0.2, -0.15) is 14.7 Å². The van der Waals surface area contributed by atoms with E-state index in [1.807, 2.05) is 25.1 Å². The van der Waals surface area contributed by atoms with E-state index in [0.717, 1.165) is 11.3 Å². The van der Waals surface area contributed by atoms with Crippen LogP contribution in [0.2, 0.25) is 0 Å². The summed E-state index contributed by atoms with van der Waals surface area (Å²) in [5.41, 5.74) is 5.45. The maximum Gasteiger partial charge on any atom is 0.269 e. The molecule has 0 saturated carbocycles. The largest absolute Gasteiger partial charge is 0.343 e. The smallest absolute Gasteiger partial charge is 0.269 e. The molecule has 1 amide bonds. The lowest BCUT2D eigenvalue weighted by Gasteiger charge is -2.07. The molecule has 0 atom stereocenters. The van der Waals surface area contributed by atoms with Crippen LogP contribution < -0.4 is 5.32 Å². The lowest BCUT2D eigenvalue weighted by Crippen LogP contribution is -2.26. The van der Waals surface area contributed by atoms with E-state index in [0.29, 0.717) is 23.7 Å². The minimum Gasteiger partial charge on any atom is -0.343 e. The van der Waals surface area contributed by atoms with Crippen LogP contribution in [-0.4, -0.2) is 35.5 Å². The van der Waals surface area contributed by atoms with Crippen LogP contribution in [0.4, 0.5) is 0 Å². The van der Waals surface area contributed by atoms with Gasteiger partial charge in [0.1, 0.15) is 5.69 Å². The Morgan fingerprint density at radius 1 is 1.07 bits per heavy atom. The Bertz CT molecular complexity index is 1160. The Morgan fingerprint density at radius 2 is 1.93 bits per heavy atom. The van der Waals surface area contributed by atoms with Gasteiger partial charge in [0.25, 0.3) is 5.91 Å². The summed E-state index contributed by atoms with van der Waals surface area (Å²) in [5, 5.41) is 20.0. The second kappa shape index (κ2) is 7.22. The third-order valence-corrected chi connectivity index (χ3v) is 4.79. The number of aryl methyl sites for hydroxylation is 3. The van der Waals surface area contributed by atoms with Gasteiger partial charge >= 0.3 is 0 Å². The molecule has 0 bridgehead atoms. The minimum atomic E-state index is -0.207. The van der Waals surface area contributed by atoms with E-state index in [-0.39, 0.29) is 12.5 Å². The molecule has 4 rings (SSSR count). The van der Waals surface area contributed by atoms with Crippen LogP contribution in [0.5, 0.6) is 0 Å². The highest BCUT2D eigenvalue weighted by atomic mass is 16.2. The zero-order valence-electron chi connectivity index (χ0n) is 16.0. The molecule has 1 aromatic carbocycles. The van der Waals surface area contributed by atoms with Crippen molar-refractivity contribution in [3.05, 3.63) is 65.2 Å². The summed E-state index contributed by atoms with van der Waals surface area (Å²) in [4.78, 5) is 12.4. The van der Waals surface area contributed by atoms with Crippen molar-refractivity contribution < 1.29 is 4.79 Å². The van der Waals surface area contributed by atoms with E-state index in [2.05, 4.69) is 51.7 Å². The molecule has 3 aromatic heterocycles. The van der Waals surface area contributed by atoms with Crippen molar-refractivity contribution in [2.24, 2.45) is 0 Å². The first-order chi connectivity index (χ1) is 13.6. The zero-order valence-corrected chi connectivity index (χ0v) is 16.0. The highest BCUT2D eigenvalue weighted by molar-refractivity contribution is 5.92. The number of amides is 1. The number of benzene rings is 1. The predicted molar refractivity (Wildman–Crippen MR) is 105 cm³/mol. The lowest BCUT2D eigenvalue weighted by molar-refractivity contribution is 0.0939. The van der Waals surface area contributed by atoms with Gasteiger partial charge in [-0.05, 0) is 56.2 Å². The highest BCUT2D eigenvalue weighted by Crippen LogP contribution is 2.20. The quantitative estimate of drug-likeness (QED) is 0.579. The summed E-state index contributed by atoms with van der Waals surface area (Å²) in [7, 11) is 0. The van der Waals surface area contributed by atoms with Crippen molar-refractivity contribution in [2.75, 3.05) is 0 Å². The van der Waals surface area contributed by atoms with Crippen molar-refractivity contribution >= 4 is 11.6 Å². The maximum atomic E-state index is 12.4. The van der Waals surface area contributed by atoms with Crippen molar-refractivity contribution in [2.45, 2.75) is 33.9 Å². The highest BCUT2D eigenvalue weighted by Gasteiger charge is 2.14. The molecule has 0 aliphatic carbocycles. The Hall–Kier alpha value is -3.55. The molecule has 3 heterocycles. The monoisotopic (exact) mass is 375 g/mol. The van der Waals surface area contributed by atoms with Crippen LogP contribution in [0.25, 0.3) is 16.9 Å². The molecule has 0 radical (unpaired) electrons. The predicted octanol–water partition coefficient (Wildman–Crippen LogP) is 2.55. The fourth-order valence-electron chi connectivity index (χ4n) is 3.03. The molecule has 0 aliphatic rings. The number of fused-ring (bicyclic) bond motifs is 1. The van der Waals surface area contributed by atoms with Gasteiger partial charge in [0, 0.05) is 18.3 Å². The normalized spacial score (nSPS) is 11.1. The number of hydrogen-bond acceptors (Lipinski definition) is 5. The van der Waals surface area contributed by atoms with Gasteiger partial charge in [0.05, 0.1) is 12.2 Å². The number of hydrogen-bond donors (Lipinski definition) is 1. The summed E-state index contributed by atoms with van der Waals surface area (Å²) in [5.74, 6) is 0.359. The van der Waals surface area contributed by atoms with Crippen LogP contribution in [0.15, 0.2) is 42.6 Å². The van der Waals surface area contributed by atoms with Crippen LogP contribution in [-0.2, 0) is 13.1 Å². The molecule has 0 unspecified atom stereocenters. The molecule has 28 heavy (non-hydrogen) atoms. The van der Waals surface area contributed by atoms with E-state index in [1.165, 1.54) is 11.1 Å². The molecule has 0 fully saturated rings. The molecule has 0 aliphatic heterocycles. The van der Waals surface area contributed by atoms with E-state index in [1.54, 1.807) is 21.5 Å². The molecule has 8 heteroatoms. The van der Waals surface area contributed by atoms with Crippen LogP contribution in [0.3, 0.4) is 0 Å². The fourth-order valence-corrected chi connectivity index (χ4v) is 3.03. The van der Waals surface area contributed by atoms with Gasteiger partial charge in [-0.1, -0.05) is 12.1 Å². The number of nitrogens with zero attached hydrogens (tertiary/aromatic N) is 6. The first-order valence-corrected chi connectivity index (χ1v) is 9.16. The van der Waals surface area contributed by atoms with E-state index < -0.39 is 0 Å². The Balaban J connectivity index is 1.59. The van der Waals surface area contributed by atoms with Crippen LogP contribution >= 0.6 is 0 Å². The zero-order chi connectivity index (χ0) is 19.7. The Morgan fingerprint density at radius 3 is 2.71 bits per heavy atom. The molecule has 1 N–H and O–H groups in total. The maximum absolute atomic E-state index is 12.4. The van der Waals surface area contributed by atoms with Gasteiger partial charge in [0.15, 0.2) is 11.5 Å². The third kappa shape index (κ3) is 3.24. The molecular formula is C20H21N7O. The first kappa shape index (κ1) is 17.8. The average Bonchev–Trinajstić information content (AvgIpc) is 3.34. The SMILES string of the molecule is CCn1nccc1C(=O)NCc1nnc2ccc(-c3ccc(C)c(C)c3)nn12. The topological polar surface area (TPSA) is 90.0 Å². The Kier molecular flexibility index (Phi) is 4.60. The van der Waals surface area contributed by atoms with Crippen LogP contribution in [0, 0.1) is 13.8 Å². The number of nitrogens with one attached hydrogen (secondary N) is 1. The first-order valence-electron chi connectivity index (χ1n) is 9.16. The molecule has 0 saturated heterocycles. The summed E-state index contributed by atoms with van der Waals surface area (Å²) in [6, 6.07) is 11.7. The van der Waals surface area contributed by atoms with Crippen molar-refractivity contribution in [1.82, 2.24) is 34.9 Å². The third-order valence-electron chi connectivity index (χ3n) is 4.79. The summed E-state index contributed by atoms with van der Waals surface area (Å²) in [6.07, 6.45) is 1.61. The van der Waals surface area contributed by atoms with Gasteiger partial charge in [-0.3, -0.25) is 9.48 Å². The van der Waals surface area contributed by atoms with Crippen molar-refractivity contribution in [3.8, 4) is 11.3 Å². The fraction of sp³-hybridized carbons (Fsp3) is 0.250. The molecular weight excluding hydrogens is 354 g/mol. The van der Waals surface area contributed by atoms with Gasteiger partial charge in [-0.15, -0.1) is 10.2 Å². The summed E-state index contributed by atoms with van der Waals surface area (Å²) >= 11 is 0. The van der Waals surface area contributed by atoms with E-state index in [9.17, 15) is 4.79 Å². The van der Waals surface area contributed by atoms with Crippen LogP contribution in [0.1, 0.15) is 34.4 Å². The average molecular weight is 375 g/mol. The van der Waals surface area contributed by atoms with Crippen molar-refractivity contribution in [1.29, 1.82) is 0 Å². The van der Waals surface area contributed by atoms with E-state index in [4.69, 9.17) is 0 Å². The van der Waals surface area contributed by atoms with Gasteiger partial charge in [0.2, 0.25) is 0 Å². The number of rotatable bonds is 5. The molecule has 142 valence electrons. The molecule has 8 nitrogen and oxygen atoms in total. The number of aromatic nitrogens is 6. The van der Waals surface area contributed by atoms with Gasteiger partial charge in [-0.25, -0.2) is 0 Å². The summed E-state index contributed by atoms with van der Waals surface area (Å²) < 4.78 is 3.31. The van der Waals surface area contributed by atoms with E-state index >= 15 is 0 Å². The molecule has 0 spiro atoms. The standard InChI is InChI=1S/C20H21N7O/c1-4-26-17(9-10-22-26)20(28)21-12-19-24-23-18-8-7-16(25-27(18)19)15-6-5-13(2)14(3)11-15/h5-11H,4,12H2,1-3H3,(H,21,28). The minimum absolute atomic E-state index is 0.207.